The van der Waals surface area contributed by atoms with Crippen LogP contribution in [0.1, 0.15) is 13.3 Å². The van der Waals surface area contributed by atoms with Gasteiger partial charge >= 0.3 is 0 Å². The third-order valence-corrected chi connectivity index (χ3v) is 2.36. The minimum Gasteiger partial charge on any atom is -0.304 e. The van der Waals surface area contributed by atoms with E-state index in [1.54, 1.807) is 0 Å². The quantitative estimate of drug-likeness (QED) is 0.529. The van der Waals surface area contributed by atoms with E-state index in [1.807, 2.05) is 0 Å². The van der Waals surface area contributed by atoms with Crippen molar-refractivity contribution in [1.82, 2.24) is 20.9 Å². The minimum atomic E-state index is 0.422. The first-order valence-electron chi connectivity index (χ1n) is 4.59. The average Bonchev–Trinajstić information content (AvgIpc) is 2.07. The molecule has 1 fully saturated rings. The maximum absolute atomic E-state index is 3.39. The highest BCUT2D eigenvalue weighted by Crippen LogP contribution is 2.03. The molecule has 0 aromatic rings. The van der Waals surface area contributed by atoms with Crippen molar-refractivity contribution >= 4 is 0 Å². The van der Waals surface area contributed by atoms with E-state index >= 15 is 0 Å². The summed E-state index contributed by atoms with van der Waals surface area (Å²) in [4.78, 5) is 2.26. The number of hydrogen-bond acceptors (Lipinski definition) is 4. The average molecular weight is 172 g/mol. The first-order valence-corrected chi connectivity index (χ1v) is 4.59. The Kier molecular flexibility index (Phi) is 3.94. The van der Waals surface area contributed by atoms with Crippen LogP contribution in [0.2, 0.25) is 0 Å². The van der Waals surface area contributed by atoms with Crippen molar-refractivity contribution in [1.29, 1.82) is 0 Å². The molecule has 1 saturated heterocycles. The first kappa shape index (κ1) is 9.92. The van der Waals surface area contributed by atoms with Crippen LogP contribution in [-0.4, -0.2) is 44.5 Å². The molecule has 0 amide bonds. The van der Waals surface area contributed by atoms with Crippen LogP contribution in [0.25, 0.3) is 0 Å². The van der Waals surface area contributed by atoms with Crippen LogP contribution in [0.3, 0.4) is 0 Å². The number of hydrogen-bond donors (Lipinski definition) is 3. The molecule has 1 heterocycles. The van der Waals surface area contributed by atoms with Crippen molar-refractivity contribution in [2.24, 2.45) is 0 Å². The molecule has 1 atom stereocenters. The second-order valence-corrected chi connectivity index (χ2v) is 3.43. The van der Waals surface area contributed by atoms with Crippen LogP contribution in [0, 0.1) is 0 Å². The number of rotatable bonds is 3. The summed E-state index contributed by atoms with van der Waals surface area (Å²) in [6.07, 6.45) is 1.59. The Bertz CT molecular complexity index is 120. The zero-order chi connectivity index (χ0) is 8.97. The maximum Gasteiger partial charge on any atom is 0.0751 e. The van der Waals surface area contributed by atoms with Crippen molar-refractivity contribution in [2.45, 2.75) is 25.6 Å². The Labute approximate surface area is 74.7 Å². The molecule has 0 aromatic heterocycles. The molecular formula is C8H20N4. The molecule has 3 N–H and O–H groups in total. The standard InChI is InChI=1S/C8H20N4/c1-4-7(12(2)3)8-10-5-9-6-11-8/h7-11H,4-6H2,1-3H3. The zero-order valence-electron chi connectivity index (χ0n) is 8.22. The zero-order valence-corrected chi connectivity index (χ0v) is 8.22. The molecule has 0 aromatic carbocycles. The van der Waals surface area contributed by atoms with Crippen LogP contribution in [0.15, 0.2) is 0 Å². The Balaban J connectivity index is 2.40. The molecule has 0 bridgehead atoms. The summed E-state index contributed by atoms with van der Waals surface area (Å²) < 4.78 is 0. The molecular weight excluding hydrogens is 152 g/mol. The molecule has 0 aliphatic carbocycles. The molecule has 4 heteroatoms. The molecule has 1 rings (SSSR count). The smallest absolute Gasteiger partial charge is 0.0751 e. The number of nitrogens with one attached hydrogen (secondary N) is 3. The molecule has 0 spiro atoms. The van der Waals surface area contributed by atoms with Gasteiger partial charge in [0.25, 0.3) is 0 Å². The Morgan fingerprint density at radius 3 is 2.33 bits per heavy atom. The van der Waals surface area contributed by atoms with Crippen LogP contribution in [-0.2, 0) is 0 Å². The molecule has 72 valence electrons. The van der Waals surface area contributed by atoms with Crippen molar-refractivity contribution in [3.05, 3.63) is 0 Å². The molecule has 0 radical (unpaired) electrons. The third-order valence-electron chi connectivity index (χ3n) is 2.36. The summed E-state index contributed by atoms with van der Waals surface area (Å²) in [6, 6.07) is 0.576. The lowest BCUT2D eigenvalue weighted by Gasteiger charge is -2.35. The van der Waals surface area contributed by atoms with Crippen molar-refractivity contribution in [2.75, 3.05) is 27.4 Å². The lowest BCUT2D eigenvalue weighted by molar-refractivity contribution is 0.174. The van der Waals surface area contributed by atoms with Gasteiger partial charge in [0.05, 0.1) is 6.17 Å². The third kappa shape index (κ3) is 2.42. The Hall–Kier alpha value is -0.160. The van der Waals surface area contributed by atoms with Gasteiger partial charge in [0.1, 0.15) is 0 Å². The van der Waals surface area contributed by atoms with E-state index < -0.39 is 0 Å². The minimum absolute atomic E-state index is 0.422. The summed E-state index contributed by atoms with van der Waals surface area (Å²) in [5.41, 5.74) is 0. The fraction of sp³-hybridized carbons (Fsp3) is 1.00. The second-order valence-electron chi connectivity index (χ2n) is 3.43. The van der Waals surface area contributed by atoms with Gasteiger partial charge in [0, 0.05) is 19.4 Å². The second kappa shape index (κ2) is 4.77. The van der Waals surface area contributed by atoms with E-state index in [2.05, 4.69) is 41.9 Å². The van der Waals surface area contributed by atoms with Gasteiger partial charge in [-0.15, -0.1) is 0 Å². The molecule has 0 saturated carbocycles. The fourth-order valence-electron chi connectivity index (χ4n) is 1.67. The van der Waals surface area contributed by atoms with Gasteiger partial charge in [-0.3, -0.25) is 16.0 Å². The number of nitrogens with zero attached hydrogens (tertiary/aromatic N) is 1. The topological polar surface area (TPSA) is 39.3 Å². The maximum atomic E-state index is 3.39. The summed E-state index contributed by atoms with van der Waals surface area (Å²) in [6.45, 7) is 4.03. The van der Waals surface area contributed by atoms with Gasteiger partial charge in [-0.05, 0) is 20.5 Å². The van der Waals surface area contributed by atoms with Gasteiger partial charge in [-0.2, -0.15) is 0 Å². The van der Waals surface area contributed by atoms with E-state index in [-0.39, 0.29) is 0 Å². The van der Waals surface area contributed by atoms with Gasteiger partial charge in [-0.25, -0.2) is 0 Å². The van der Waals surface area contributed by atoms with Crippen LogP contribution in [0.4, 0.5) is 0 Å². The Morgan fingerprint density at radius 1 is 1.33 bits per heavy atom. The molecule has 1 aliphatic rings. The van der Waals surface area contributed by atoms with Gasteiger partial charge < -0.3 is 4.90 Å². The molecule has 1 aliphatic heterocycles. The normalized spacial score (nSPS) is 23.0. The highest BCUT2D eigenvalue weighted by molar-refractivity contribution is 4.80. The van der Waals surface area contributed by atoms with Crippen molar-refractivity contribution < 1.29 is 0 Å². The number of likely N-dealkylation sites (N-methyl/N-ethyl adjacent to an activating group) is 1. The predicted octanol–water partition coefficient (Wildman–Crippen LogP) is -0.650. The lowest BCUT2D eigenvalue weighted by atomic mass is 10.1. The summed E-state index contributed by atoms with van der Waals surface area (Å²) in [7, 11) is 4.25. The molecule has 1 unspecified atom stereocenters. The SMILES string of the molecule is CCC(C1NCNCN1)N(C)C. The van der Waals surface area contributed by atoms with E-state index in [0.29, 0.717) is 12.2 Å². The highest BCUT2D eigenvalue weighted by atomic mass is 15.3. The van der Waals surface area contributed by atoms with Crippen LogP contribution < -0.4 is 16.0 Å². The summed E-state index contributed by atoms with van der Waals surface area (Å²) in [5, 5.41) is 9.97. The van der Waals surface area contributed by atoms with E-state index in [0.717, 1.165) is 19.8 Å². The largest absolute Gasteiger partial charge is 0.304 e. The Morgan fingerprint density at radius 2 is 1.92 bits per heavy atom. The van der Waals surface area contributed by atoms with Crippen LogP contribution >= 0.6 is 0 Å². The summed E-state index contributed by atoms with van der Waals surface area (Å²) in [5.74, 6) is 0. The van der Waals surface area contributed by atoms with E-state index in [9.17, 15) is 0 Å². The van der Waals surface area contributed by atoms with Gasteiger partial charge in [0.2, 0.25) is 0 Å². The van der Waals surface area contributed by atoms with E-state index in [1.165, 1.54) is 0 Å². The summed E-state index contributed by atoms with van der Waals surface area (Å²) >= 11 is 0. The van der Waals surface area contributed by atoms with E-state index in [4.69, 9.17) is 0 Å². The highest BCUT2D eigenvalue weighted by Gasteiger charge is 2.22. The van der Waals surface area contributed by atoms with Gasteiger partial charge in [-0.1, -0.05) is 6.92 Å². The lowest BCUT2D eigenvalue weighted by Crippen LogP contribution is -2.63. The van der Waals surface area contributed by atoms with Crippen LogP contribution in [0.5, 0.6) is 0 Å². The fourth-order valence-corrected chi connectivity index (χ4v) is 1.67. The van der Waals surface area contributed by atoms with Crippen molar-refractivity contribution in [3.8, 4) is 0 Å². The van der Waals surface area contributed by atoms with Crippen molar-refractivity contribution in [3.63, 3.8) is 0 Å². The molecule has 4 nitrogen and oxygen atoms in total. The predicted molar refractivity (Wildman–Crippen MR) is 50.7 cm³/mol. The van der Waals surface area contributed by atoms with Gasteiger partial charge in [0.15, 0.2) is 0 Å². The monoisotopic (exact) mass is 172 g/mol. The first-order chi connectivity index (χ1) is 5.75. The molecule has 12 heavy (non-hydrogen) atoms.